The van der Waals surface area contributed by atoms with Crippen molar-refractivity contribution >= 4 is 23.6 Å². The molecular weight excluding hydrogens is 298 g/mol. The van der Waals surface area contributed by atoms with Gasteiger partial charge in [0.2, 0.25) is 0 Å². The normalized spacial score (nSPS) is 13.4. The van der Waals surface area contributed by atoms with Gasteiger partial charge in [-0.25, -0.2) is 0 Å². The molecule has 0 aromatic heterocycles. The molecule has 22 heavy (non-hydrogen) atoms. The molecule has 0 radical (unpaired) electrons. The highest BCUT2D eigenvalue weighted by Gasteiger charge is 2.34. The first-order valence-electron chi connectivity index (χ1n) is 6.93. The number of imide groups is 1. The number of amides is 2. The summed E-state index contributed by atoms with van der Waals surface area (Å²) in [6.07, 6.45) is 1.98. The number of nitrogens with zero attached hydrogens (tertiary/aromatic N) is 1. The molecule has 0 saturated heterocycles. The third-order valence-electron chi connectivity index (χ3n) is 3.52. The molecule has 112 valence electrons. The zero-order valence-corrected chi connectivity index (χ0v) is 12.9. The average molecular weight is 313 g/mol. The molecule has 5 heteroatoms. The van der Waals surface area contributed by atoms with Gasteiger partial charge in [-0.3, -0.25) is 14.5 Å². The second-order valence-electron chi connectivity index (χ2n) is 4.81. The topological polar surface area (TPSA) is 46.6 Å². The number of hydrogen-bond donors (Lipinski definition) is 0. The van der Waals surface area contributed by atoms with Crippen LogP contribution in [0.4, 0.5) is 0 Å². The third-order valence-corrected chi connectivity index (χ3v) is 4.30. The van der Waals surface area contributed by atoms with Crippen molar-refractivity contribution in [3.05, 3.63) is 59.7 Å². The van der Waals surface area contributed by atoms with Crippen molar-refractivity contribution in [1.29, 1.82) is 0 Å². The Morgan fingerprint density at radius 3 is 2.18 bits per heavy atom. The Morgan fingerprint density at radius 1 is 0.955 bits per heavy atom. The summed E-state index contributed by atoms with van der Waals surface area (Å²) in [5.74, 6) is 0.274. The number of hydrogen-bond acceptors (Lipinski definition) is 4. The minimum absolute atomic E-state index is 0.245. The number of rotatable bonds is 5. The third kappa shape index (κ3) is 2.60. The predicted octanol–water partition coefficient (Wildman–Crippen LogP) is 3.08. The number of ether oxygens (including phenoxy) is 1. The quantitative estimate of drug-likeness (QED) is 0.628. The van der Waals surface area contributed by atoms with E-state index in [9.17, 15) is 9.59 Å². The molecule has 2 aromatic carbocycles. The number of thioether (sulfide) groups is 1. The van der Waals surface area contributed by atoms with E-state index in [0.29, 0.717) is 11.1 Å². The molecule has 0 atom stereocenters. The first-order valence-corrected chi connectivity index (χ1v) is 8.16. The maximum absolute atomic E-state index is 12.2. The molecule has 0 aliphatic carbocycles. The summed E-state index contributed by atoms with van der Waals surface area (Å²) in [5.41, 5.74) is 0.939. The van der Waals surface area contributed by atoms with E-state index >= 15 is 0 Å². The zero-order chi connectivity index (χ0) is 15.5. The Morgan fingerprint density at radius 2 is 1.55 bits per heavy atom. The summed E-state index contributed by atoms with van der Waals surface area (Å²) in [6, 6.07) is 14.6. The summed E-state index contributed by atoms with van der Waals surface area (Å²) in [5, 5.41) is 0. The van der Waals surface area contributed by atoms with E-state index in [1.807, 2.05) is 30.5 Å². The van der Waals surface area contributed by atoms with Gasteiger partial charge in [0.15, 0.2) is 0 Å². The monoisotopic (exact) mass is 313 g/mol. The molecule has 0 unspecified atom stereocenters. The SMILES string of the molecule is CSc1ccccc1OCCN1C(=O)c2ccccc2C1=O. The lowest BCUT2D eigenvalue weighted by molar-refractivity contribution is 0.0630. The lowest BCUT2D eigenvalue weighted by Crippen LogP contribution is -2.33. The maximum Gasteiger partial charge on any atom is 0.261 e. The molecule has 0 bridgehead atoms. The van der Waals surface area contributed by atoms with Crippen molar-refractivity contribution in [3.8, 4) is 5.75 Å². The summed E-state index contributed by atoms with van der Waals surface area (Å²) in [6.45, 7) is 0.526. The zero-order valence-electron chi connectivity index (χ0n) is 12.1. The summed E-state index contributed by atoms with van der Waals surface area (Å²) >= 11 is 1.60. The fourth-order valence-corrected chi connectivity index (χ4v) is 2.97. The smallest absolute Gasteiger partial charge is 0.261 e. The first-order chi connectivity index (χ1) is 10.7. The molecule has 0 N–H and O–H groups in total. The maximum atomic E-state index is 12.2. The van der Waals surface area contributed by atoms with E-state index in [2.05, 4.69) is 0 Å². The first kappa shape index (κ1) is 14.7. The van der Waals surface area contributed by atoms with E-state index in [0.717, 1.165) is 10.6 Å². The molecule has 1 aliphatic heterocycles. The minimum Gasteiger partial charge on any atom is -0.491 e. The van der Waals surface area contributed by atoms with Crippen molar-refractivity contribution in [2.75, 3.05) is 19.4 Å². The van der Waals surface area contributed by atoms with E-state index in [-0.39, 0.29) is 25.0 Å². The lowest BCUT2D eigenvalue weighted by Gasteiger charge is -2.15. The van der Waals surface area contributed by atoms with E-state index in [1.165, 1.54) is 4.90 Å². The Hall–Kier alpha value is -2.27. The molecule has 4 nitrogen and oxygen atoms in total. The van der Waals surface area contributed by atoms with Crippen LogP contribution in [0, 0.1) is 0 Å². The van der Waals surface area contributed by atoms with Gasteiger partial charge in [-0.05, 0) is 30.5 Å². The Bertz CT molecular complexity index is 694. The Labute approximate surface area is 133 Å². The molecule has 0 fully saturated rings. The summed E-state index contributed by atoms with van der Waals surface area (Å²) in [4.78, 5) is 26.7. The molecule has 0 saturated carbocycles. The summed E-state index contributed by atoms with van der Waals surface area (Å²) < 4.78 is 5.72. The number of benzene rings is 2. The van der Waals surface area contributed by atoms with Crippen LogP contribution in [0.1, 0.15) is 20.7 Å². The van der Waals surface area contributed by atoms with Crippen molar-refractivity contribution in [2.24, 2.45) is 0 Å². The van der Waals surface area contributed by atoms with Crippen molar-refractivity contribution < 1.29 is 14.3 Å². The predicted molar refractivity (Wildman–Crippen MR) is 85.5 cm³/mol. The van der Waals surface area contributed by atoms with Gasteiger partial charge in [-0.15, -0.1) is 11.8 Å². The van der Waals surface area contributed by atoms with Gasteiger partial charge in [0.1, 0.15) is 12.4 Å². The van der Waals surface area contributed by atoms with Crippen LogP contribution in [0.25, 0.3) is 0 Å². The molecule has 3 rings (SSSR count). The van der Waals surface area contributed by atoms with Crippen LogP contribution in [0.3, 0.4) is 0 Å². The van der Waals surface area contributed by atoms with Gasteiger partial charge in [-0.1, -0.05) is 24.3 Å². The van der Waals surface area contributed by atoms with Gasteiger partial charge >= 0.3 is 0 Å². The van der Waals surface area contributed by atoms with Gasteiger partial charge in [0.05, 0.1) is 17.7 Å². The second kappa shape index (κ2) is 6.23. The molecule has 0 spiro atoms. The number of carbonyl (C=O) groups excluding carboxylic acids is 2. The van der Waals surface area contributed by atoms with E-state index < -0.39 is 0 Å². The molecule has 2 aromatic rings. The average Bonchev–Trinajstić information content (AvgIpc) is 2.80. The van der Waals surface area contributed by atoms with Crippen molar-refractivity contribution in [2.45, 2.75) is 4.90 Å². The standard InChI is InChI=1S/C17H15NO3S/c1-22-15-9-5-4-8-14(15)21-11-10-18-16(19)12-6-2-3-7-13(12)17(18)20/h2-9H,10-11H2,1H3. The van der Waals surface area contributed by atoms with Gasteiger partial charge in [0, 0.05) is 4.90 Å². The van der Waals surface area contributed by atoms with E-state index in [1.54, 1.807) is 36.0 Å². The Balaban J connectivity index is 1.66. The van der Waals surface area contributed by atoms with Crippen LogP contribution in [0.2, 0.25) is 0 Å². The van der Waals surface area contributed by atoms with Crippen LogP contribution in [0.15, 0.2) is 53.4 Å². The van der Waals surface area contributed by atoms with Gasteiger partial charge < -0.3 is 4.74 Å². The molecule has 1 aliphatic rings. The van der Waals surface area contributed by atoms with Gasteiger partial charge in [-0.2, -0.15) is 0 Å². The number of fused-ring (bicyclic) bond motifs is 1. The number of para-hydroxylation sites is 1. The van der Waals surface area contributed by atoms with Crippen LogP contribution in [0.5, 0.6) is 5.75 Å². The molecule has 2 amide bonds. The van der Waals surface area contributed by atoms with Crippen molar-refractivity contribution in [1.82, 2.24) is 4.90 Å². The molecule has 1 heterocycles. The van der Waals surface area contributed by atoms with Gasteiger partial charge in [0.25, 0.3) is 11.8 Å². The fraction of sp³-hybridized carbons (Fsp3) is 0.176. The van der Waals surface area contributed by atoms with E-state index in [4.69, 9.17) is 4.74 Å². The fourth-order valence-electron chi connectivity index (χ4n) is 2.43. The molecular formula is C17H15NO3S. The second-order valence-corrected chi connectivity index (χ2v) is 5.65. The minimum atomic E-state index is -0.248. The summed E-state index contributed by atoms with van der Waals surface area (Å²) in [7, 11) is 0. The Kier molecular flexibility index (Phi) is 4.15. The highest BCUT2D eigenvalue weighted by Crippen LogP contribution is 2.27. The van der Waals surface area contributed by atoms with Crippen LogP contribution in [-0.4, -0.2) is 36.1 Å². The van der Waals surface area contributed by atoms with Crippen LogP contribution >= 0.6 is 11.8 Å². The number of carbonyl (C=O) groups is 2. The van der Waals surface area contributed by atoms with Crippen molar-refractivity contribution in [3.63, 3.8) is 0 Å². The lowest BCUT2D eigenvalue weighted by atomic mass is 10.1. The highest BCUT2D eigenvalue weighted by molar-refractivity contribution is 7.98. The highest BCUT2D eigenvalue weighted by atomic mass is 32.2. The van der Waals surface area contributed by atoms with Crippen LogP contribution < -0.4 is 4.74 Å². The largest absolute Gasteiger partial charge is 0.491 e. The van der Waals surface area contributed by atoms with Crippen LogP contribution in [-0.2, 0) is 0 Å².